The van der Waals surface area contributed by atoms with Gasteiger partial charge < -0.3 is 9.72 Å². The van der Waals surface area contributed by atoms with Crippen LogP contribution in [0.5, 0.6) is 5.75 Å². The molecule has 0 amide bonds. The summed E-state index contributed by atoms with van der Waals surface area (Å²) in [5.74, 6) is 1.02. The fourth-order valence-electron chi connectivity index (χ4n) is 4.32. The van der Waals surface area contributed by atoms with E-state index in [9.17, 15) is 13.2 Å². The van der Waals surface area contributed by atoms with Crippen molar-refractivity contribution in [2.45, 2.75) is 32.0 Å². The van der Waals surface area contributed by atoms with E-state index >= 15 is 0 Å². The van der Waals surface area contributed by atoms with E-state index in [1.807, 2.05) is 48.7 Å². The Morgan fingerprint density at radius 1 is 0.971 bits per heavy atom. The summed E-state index contributed by atoms with van der Waals surface area (Å²) in [5, 5.41) is 0.797. The van der Waals surface area contributed by atoms with Crippen LogP contribution in [-0.2, 0) is 12.7 Å². The van der Waals surface area contributed by atoms with Gasteiger partial charge in [0.2, 0.25) is 0 Å². The van der Waals surface area contributed by atoms with Crippen LogP contribution in [0.1, 0.15) is 36.0 Å². The molecule has 184 valence electrons. The Hall–Kier alpha value is -2.96. The maximum Gasteiger partial charge on any atom is 0.417 e. The number of H-pyrrole nitrogens is 1. The summed E-state index contributed by atoms with van der Waals surface area (Å²) in [6.45, 7) is 4.29. The van der Waals surface area contributed by atoms with Crippen LogP contribution in [0.3, 0.4) is 0 Å². The van der Waals surface area contributed by atoms with Crippen LogP contribution in [0, 0.1) is 0 Å². The first kappa shape index (κ1) is 25.1. The third-order valence-electron chi connectivity index (χ3n) is 6.11. The fourth-order valence-corrected chi connectivity index (χ4v) is 4.62. The zero-order valence-corrected chi connectivity index (χ0v) is 20.2. The Morgan fingerprint density at radius 2 is 1.74 bits per heavy atom. The minimum Gasteiger partial charge on any atom is -0.493 e. The van der Waals surface area contributed by atoms with Crippen molar-refractivity contribution in [3.63, 3.8) is 0 Å². The van der Waals surface area contributed by atoms with Gasteiger partial charge in [0.15, 0.2) is 0 Å². The summed E-state index contributed by atoms with van der Waals surface area (Å²) in [6.07, 6.45) is -1.88. The summed E-state index contributed by atoms with van der Waals surface area (Å²) in [5.41, 5.74) is 1.87. The molecule has 0 saturated carbocycles. The van der Waals surface area contributed by atoms with E-state index in [0.29, 0.717) is 31.8 Å². The molecule has 0 spiro atoms. The normalized spacial score (nSPS) is 12.9. The second-order valence-corrected chi connectivity index (χ2v) is 9.10. The number of fused-ring (bicyclic) bond motifs is 1. The molecule has 0 aliphatic carbocycles. The van der Waals surface area contributed by atoms with Crippen LogP contribution in [0.25, 0.3) is 10.9 Å². The molecule has 3 nitrogen and oxygen atoms in total. The Labute approximate surface area is 208 Å². The van der Waals surface area contributed by atoms with Crippen LogP contribution in [0.4, 0.5) is 13.2 Å². The number of hydrogen-bond donors (Lipinski definition) is 1. The maximum atomic E-state index is 13.4. The van der Waals surface area contributed by atoms with Crippen molar-refractivity contribution in [3.05, 3.63) is 101 Å². The van der Waals surface area contributed by atoms with Gasteiger partial charge in [-0.3, -0.25) is 4.90 Å². The summed E-state index contributed by atoms with van der Waals surface area (Å²) in [6, 6.07) is 22.1. The molecule has 35 heavy (non-hydrogen) atoms. The van der Waals surface area contributed by atoms with Gasteiger partial charge >= 0.3 is 6.18 Å². The molecule has 0 unspecified atom stereocenters. The van der Waals surface area contributed by atoms with Crippen LogP contribution in [0.2, 0.25) is 5.02 Å². The number of benzene rings is 3. The Kier molecular flexibility index (Phi) is 8.04. The van der Waals surface area contributed by atoms with Crippen LogP contribution in [-0.4, -0.2) is 29.6 Å². The smallest absolute Gasteiger partial charge is 0.417 e. The molecule has 0 fully saturated rings. The molecular formula is C28H28ClF3N2O. The lowest BCUT2D eigenvalue weighted by molar-refractivity contribution is -0.137. The highest BCUT2D eigenvalue weighted by atomic mass is 35.5. The first-order chi connectivity index (χ1) is 16.8. The number of nitrogens with one attached hydrogen (secondary N) is 1. The topological polar surface area (TPSA) is 28.3 Å². The number of rotatable bonds is 10. The monoisotopic (exact) mass is 500 g/mol. The SMILES string of the molecule is C[C@@H](CN(CCCOc1cccc2[nH]ccc12)Cc1cccc(C(F)(F)F)c1Cl)c1ccccc1. The number of aromatic nitrogens is 1. The average Bonchev–Trinajstić information content (AvgIpc) is 3.32. The first-order valence-electron chi connectivity index (χ1n) is 11.6. The van der Waals surface area contributed by atoms with Crippen molar-refractivity contribution in [2.75, 3.05) is 19.7 Å². The third kappa shape index (κ3) is 6.38. The second-order valence-electron chi connectivity index (χ2n) is 8.72. The average molecular weight is 501 g/mol. The van der Waals surface area contributed by atoms with Crippen molar-refractivity contribution < 1.29 is 17.9 Å². The molecular weight excluding hydrogens is 473 g/mol. The highest BCUT2D eigenvalue weighted by molar-refractivity contribution is 6.32. The molecule has 1 aromatic heterocycles. The van der Waals surface area contributed by atoms with E-state index in [0.717, 1.165) is 29.1 Å². The van der Waals surface area contributed by atoms with Crippen molar-refractivity contribution in [3.8, 4) is 5.75 Å². The van der Waals surface area contributed by atoms with E-state index in [4.69, 9.17) is 16.3 Å². The molecule has 1 N–H and O–H groups in total. The van der Waals surface area contributed by atoms with Gasteiger partial charge in [-0.15, -0.1) is 0 Å². The summed E-state index contributed by atoms with van der Waals surface area (Å²) < 4.78 is 46.2. The molecule has 3 aromatic carbocycles. The largest absolute Gasteiger partial charge is 0.493 e. The highest BCUT2D eigenvalue weighted by Crippen LogP contribution is 2.36. The highest BCUT2D eigenvalue weighted by Gasteiger charge is 2.34. The van der Waals surface area contributed by atoms with E-state index in [1.54, 1.807) is 6.07 Å². The molecule has 0 aliphatic rings. The van der Waals surface area contributed by atoms with Crippen molar-refractivity contribution >= 4 is 22.5 Å². The van der Waals surface area contributed by atoms with Crippen LogP contribution in [0.15, 0.2) is 79.0 Å². The first-order valence-corrected chi connectivity index (χ1v) is 12.0. The molecule has 1 atom stereocenters. The van der Waals surface area contributed by atoms with E-state index in [-0.39, 0.29) is 10.9 Å². The van der Waals surface area contributed by atoms with Gasteiger partial charge in [-0.25, -0.2) is 0 Å². The van der Waals surface area contributed by atoms with Gasteiger partial charge in [0.25, 0.3) is 0 Å². The van der Waals surface area contributed by atoms with Gasteiger partial charge in [-0.05, 0) is 47.7 Å². The molecule has 4 aromatic rings. The van der Waals surface area contributed by atoms with E-state index < -0.39 is 11.7 Å². The number of aromatic amines is 1. The lowest BCUT2D eigenvalue weighted by Gasteiger charge is -2.27. The van der Waals surface area contributed by atoms with E-state index in [2.05, 4.69) is 28.9 Å². The summed E-state index contributed by atoms with van der Waals surface area (Å²) in [4.78, 5) is 5.32. The third-order valence-corrected chi connectivity index (χ3v) is 6.56. The molecule has 0 saturated heterocycles. The number of hydrogen-bond acceptors (Lipinski definition) is 2. The number of ether oxygens (including phenoxy) is 1. The van der Waals surface area contributed by atoms with Gasteiger partial charge in [0, 0.05) is 36.7 Å². The van der Waals surface area contributed by atoms with Gasteiger partial charge in [-0.2, -0.15) is 13.2 Å². The molecule has 7 heteroatoms. The van der Waals surface area contributed by atoms with Crippen LogP contribution >= 0.6 is 11.6 Å². The molecule has 1 heterocycles. The molecule has 0 radical (unpaired) electrons. The maximum absolute atomic E-state index is 13.4. The lowest BCUT2D eigenvalue weighted by atomic mass is 10.00. The second kappa shape index (κ2) is 11.2. The molecule has 4 rings (SSSR count). The quantitative estimate of drug-likeness (QED) is 0.224. The van der Waals surface area contributed by atoms with Crippen LogP contribution < -0.4 is 4.74 Å². The lowest BCUT2D eigenvalue weighted by Crippen LogP contribution is -2.30. The number of halogens is 4. The minimum atomic E-state index is -4.48. The minimum absolute atomic E-state index is 0.204. The van der Waals surface area contributed by atoms with Crippen molar-refractivity contribution in [1.29, 1.82) is 0 Å². The molecule has 0 bridgehead atoms. The van der Waals surface area contributed by atoms with Crippen molar-refractivity contribution in [1.82, 2.24) is 9.88 Å². The predicted octanol–water partition coefficient (Wildman–Crippen LogP) is 7.91. The van der Waals surface area contributed by atoms with Gasteiger partial charge in [0.1, 0.15) is 5.75 Å². The van der Waals surface area contributed by atoms with Gasteiger partial charge in [-0.1, -0.05) is 67.1 Å². The fraction of sp³-hybridized carbons (Fsp3) is 0.286. The zero-order chi connectivity index (χ0) is 24.8. The van der Waals surface area contributed by atoms with Gasteiger partial charge in [0.05, 0.1) is 17.2 Å². The Morgan fingerprint density at radius 3 is 2.51 bits per heavy atom. The predicted molar refractivity (Wildman–Crippen MR) is 135 cm³/mol. The van der Waals surface area contributed by atoms with Crippen molar-refractivity contribution in [2.24, 2.45) is 0 Å². The van der Waals surface area contributed by atoms with E-state index in [1.165, 1.54) is 11.6 Å². The Bertz CT molecular complexity index is 1240. The Balaban J connectivity index is 1.45. The summed E-state index contributed by atoms with van der Waals surface area (Å²) >= 11 is 6.20. The molecule has 0 aliphatic heterocycles. The number of nitrogens with zero attached hydrogens (tertiary/aromatic N) is 1. The number of alkyl halides is 3. The standard InChI is InChI=1S/C28H28ClF3N2O/c1-20(21-8-3-2-4-9-21)18-34(19-22-10-5-11-24(27(22)29)28(30,31)32)16-7-17-35-26-13-6-12-25-23(26)14-15-33-25/h2-6,8-15,20,33H,7,16-19H2,1H3/t20-/m0/s1. The zero-order valence-electron chi connectivity index (χ0n) is 19.5. The summed E-state index contributed by atoms with van der Waals surface area (Å²) in [7, 11) is 0.